The summed E-state index contributed by atoms with van der Waals surface area (Å²) in [6, 6.07) is 0. The first-order valence-corrected chi connectivity index (χ1v) is 3.68. The van der Waals surface area contributed by atoms with Crippen molar-refractivity contribution in [2.24, 2.45) is 0 Å². The molecule has 44 valence electrons. The van der Waals surface area contributed by atoms with Crippen molar-refractivity contribution in [3.63, 3.8) is 0 Å². The minimum atomic E-state index is -3.36. The Kier molecular flexibility index (Phi) is 1.92. The highest BCUT2D eigenvalue weighted by molar-refractivity contribution is 6.46. The average Bonchev–Trinajstić information content (AvgIpc) is 1.31. The molecule has 0 unspecified atom stereocenters. The number of hydrogen-bond donors (Lipinski definition) is 0. The number of hydrogen-bond acceptors (Lipinski definition) is 0. The summed E-state index contributed by atoms with van der Waals surface area (Å²) in [5.41, 5.74) is 0. The lowest BCUT2D eigenvalue weighted by Gasteiger charge is -2.12. The van der Waals surface area contributed by atoms with Gasteiger partial charge in [0.15, 0.2) is 0 Å². The van der Waals surface area contributed by atoms with Gasteiger partial charge in [0.05, 0.1) is 0 Å². The Morgan fingerprint density at radius 1 is 1.14 bits per heavy atom. The zero-order chi connectivity index (χ0) is 6.08. The zero-order valence-corrected chi connectivity index (χ0v) is 5.99. The molecule has 0 N–H and O–H groups in total. The minimum Gasteiger partial charge on any atom is -0.274 e. The molecule has 0 aromatic rings. The van der Waals surface area contributed by atoms with Gasteiger partial charge >= 0.3 is 9.46 Å². The molecular formula is C4H10F2Si. The van der Waals surface area contributed by atoms with E-state index in [9.17, 15) is 8.22 Å². The van der Waals surface area contributed by atoms with Gasteiger partial charge in [0, 0.05) is 5.04 Å². The van der Waals surface area contributed by atoms with E-state index in [2.05, 4.69) is 0 Å². The number of halogens is 2. The van der Waals surface area contributed by atoms with Gasteiger partial charge in [-0.15, -0.1) is 0 Å². The predicted molar refractivity (Wildman–Crippen MR) is 29.1 cm³/mol. The van der Waals surface area contributed by atoms with E-state index in [0.29, 0.717) is 0 Å². The standard InChI is InChI=1S/C4H10F2Si/c1-4(2,3)7(5)6/h7H,1-3H3. The molecule has 0 aliphatic rings. The SMILES string of the molecule is CC(C)(C)[SiH](F)F. The first kappa shape index (κ1) is 7.08. The summed E-state index contributed by atoms with van der Waals surface area (Å²) in [5, 5.41) is -0.694. The lowest BCUT2D eigenvalue weighted by molar-refractivity contribution is 0.548. The molecule has 0 radical (unpaired) electrons. The highest BCUT2D eigenvalue weighted by Crippen LogP contribution is 2.27. The molecule has 0 aromatic carbocycles. The summed E-state index contributed by atoms with van der Waals surface area (Å²) < 4.78 is 23.4. The fourth-order valence-electron chi connectivity index (χ4n) is 0. The molecule has 0 rings (SSSR count). The Labute approximate surface area is 44.5 Å². The lowest BCUT2D eigenvalue weighted by Crippen LogP contribution is -2.13. The Balaban J connectivity index is 3.54. The van der Waals surface area contributed by atoms with E-state index >= 15 is 0 Å². The predicted octanol–water partition coefficient (Wildman–Crippen LogP) is 1.95. The van der Waals surface area contributed by atoms with Crippen molar-refractivity contribution in [2.75, 3.05) is 0 Å². The average molecular weight is 124 g/mol. The Hall–Kier alpha value is 0.0769. The van der Waals surface area contributed by atoms with E-state index in [1.165, 1.54) is 0 Å². The second-order valence-electron chi connectivity index (χ2n) is 2.67. The van der Waals surface area contributed by atoms with Crippen LogP contribution in [0.4, 0.5) is 8.22 Å². The van der Waals surface area contributed by atoms with Gasteiger partial charge in [-0.2, -0.15) is 0 Å². The molecule has 0 atom stereocenters. The fourth-order valence-corrected chi connectivity index (χ4v) is 0. The maximum absolute atomic E-state index is 11.7. The van der Waals surface area contributed by atoms with Crippen LogP contribution in [0, 0.1) is 0 Å². The summed E-state index contributed by atoms with van der Waals surface area (Å²) in [5.74, 6) is 0. The Morgan fingerprint density at radius 2 is 1.29 bits per heavy atom. The molecule has 0 saturated heterocycles. The van der Waals surface area contributed by atoms with Crippen LogP contribution in [-0.2, 0) is 0 Å². The van der Waals surface area contributed by atoms with Crippen LogP contribution in [0.15, 0.2) is 0 Å². The smallest absolute Gasteiger partial charge is 0.274 e. The van der Waals surface area contributed by atoms with Crippen LogP contribution in [0.2, 0.25) is 5.04 Å². The second kappa shape index (κ2) is 1.90. The van der Waals surface area contributed by atoms with Crippen molar-refractivity contribution in [1.29, 1.82) is 0 Å². The van der Waals surface area contributed by atoms with Crippen LogP contribution in [0.5, 0.6) is 0 Å². The van der Waals surface area contributed by atoms with Crippen molar-refractivity contribution in [2.45, 2.75) is 25.8 Å². The van der Waals surface area contributed by atoms with Crippen LogP contribution in [0.25, 0.3) is 0 Å². The summed E-state index contributed by atoms with van der Waals surface area (Å²) in [6.07, 6.45) is 0. The van der Waals surface area contributed by atoms with Crippen LogP contribution < -0.4 is 0 Å². The first-order chi connectivity index (χ1) is 2.94. The van der Waals surface area contributed by atoms with Crippen LogP contribution in [0.1, 0.15) is 20.8 Å². The highest BCUT2D eigenvalue weighted by atomic mass is 28.4. The van der Waals surface area contributed by atoms with Gasteiger partial charge in [-0.25, -0.2) is 0 Å². The van der Waals surface area contributed by atoms with Gasteiger partial charge < -0.3 is 0 Å². The largest absolute Gasteiger partial charge is 0.416 e. The van der Waals surface area contributed by atoms with Crippen molar-refractivity contribution < 1.29 is 8.22 Å². The number of rotatable bonds is 0. The Bertz CT molecular complexity index is 55.2. The van der Waals surface area contributed by atoms with Crippen molar-refractivity contribution in [1.82, 2.24) is 0 Å². The van der Waals surface area contributed by atoms with E-state index in [1.807, 2.05) is 0 Å². The maximum atomic E-state index is 11.7. The lowest BCUT2D eigenvalue weighted by atomic mass is 10.3. The molecule has 0 saturated carbocycles. The maximum Gasteiger partial charge on any atom is 0.416 e. The van der Waals surface area contributed by atoms with Gasteiger partial charge in [-0.1, -0.05) is 20.8 Å². The van der Waals surface area contributed by atoms with Gasteiger partial charge in [0.2, 0.25) is 0 Å². The second-order valence-corrected chi connectivity index (χ2v) is 5.00. The normalized spacial score (nSPS) is 12.9. The van der Waals surface area contributed by atoms with E-state index < -0.39 is 14.5 Å². The van der Waals surface area contributed by atoms with Crippen molar-refractivity contribution >= 4 is 9.46 Å². The fraction of sp³-hybridized carbons (Fsp3) is 1.00. The topological polar surface area (TPSA) is 0 Å². The third kappa shape index (κ3) is 2.74. The third-order valence-electron chi connectivity index (χ3n) is 0.655. The molecule has 7 heavy (non-hydrogen) atoms. The van der Waals surface area contributed by atoms with Crippen LogP contribution in [0.3, 0.4) is 0 Å². The molecule has 0 bridgehead atoms. The molecule has 0 heterocycles. The van der Waals surface area contributed by atoms with Crippen LogP contribution >= 0.6 is 0 Å². The summed E-state index contributed by atoms with van der Waals surface area (Å²) in [6.45, 7) is 4.72. The van der Waals surface area contributed by atoms with Crippen molar-refractivity contribution in [3.05, 3.63) is 0 Å². The Morgan fingerprint density at radius 3 is 1.29 bits per heavy atom. The molecule has 0 spiro atoms. The van der Waals surface area contributed by atoms with E-state index in [0.717, 1.165) is 0 Å². The quantitative estimate of drug-likeness (QED) is 0.342. The van der Waals surface area contributed by atoms with Crippen LogP contribution in [-0.4, -0.2) is 9.46 Å². The molecule has 0 fully saturated rings. The summed E-state index contributed by atoms with van der Waals surface area (Å²) >= 11 is 0. The van der Waals surface area contributed by atoms with Gasteiger partial charge in [0.25, 0.3) is 0 Å². The molecule has 0 aromatic heterocycles. The molecular weight excluding hydrogens is 114 g/mol. The molecule has 0 aliphatic heterocycles. The highest BCUT2D eigenvalue weighted by Gasteiger charge is 2.26. The summed E-state index contributed by atoms with van der Waals surface area (Å²) in [7, 11) is -3.36. The monoisotopic (exact) mass is 124 g/mol. The van der Waals surface area contributed by atoms with E-state index in [1.54, 1.807) is 20.8 Å². The van der Waals surface area contributed by atoms with E-state index in [-0.39, 0.29) is 0 Å². The summed E-state index contributed by atoms with van der Waals surface area (Å²) in [4.78, 5) is 0. The van der Waals surface area contributed by atoms with Gasteiger partial charge in [-0.3, -0.25) is 8.22 Å². The first-order valence-electron chi connectivity index (χ1n) is 2.23. The van der Waals surface area contributed by atoms with E-state index in [4.69, 9.17) is 0 Å². The molecule has 0 aliphatic carbocycles. The molecule has 3 heteroatoms. The third-order valence-corrected chi connectivity index (χ3v) is 1.96. The minimum absolute atomic E-state index is 0.694. The molecule has 0 amide bonds. The zero-order valence-electron chi connectivity index (χ0n) is 4.83. The van der Waals surface area contributed by atoms with Crippen molar-refractivity contribution in [3.8, 4) is 0 Å². The van der Waals surface area contributed by atoms with Gasteiger partial charge in [-0.05, 0) is 0 Å². The van der Waals surface area contributed by atoms with Gasteiger partial charge in [0.1, 0.15) is 0 Å². The molecule has 0 nitrogen and oxygen atoms in total.